The maximum atomic E-state index is 12.5. The number of hydrogen-bond donors (Lipinski definition) is 0. The van der Waals surface area contributed by atoms with Crippen LogP contribution in [0.5, 0.6) is 0 Å². The Labute approximate surface area is 119 Å². The van der Waals surface area contributed by atoms with Gasteiger partial charge in [-0.25, -0.2) is 0 Å². The second-order valence-corrected chi connectivity index (χ2v) is 6.12. The lowest BCUT2D eigenvalue weighted by Gasteiger charge is -2.42. The largest absolute Gasteiger partial charge is 0.369 e. The Morgan fingerprint density at radius 3 is 2.63 bits per heavy atom. The van der Waals surface area contributed by atoms with Crippen molar-refractivity contribution in [3.63, 3.8) is 0 Å². The number of rotatable bonds is 2. The van der Waals surface area contributed by atoms with Crippen LogP contribution >= 0.6 is 11.6 Å². The highest BCUT2D eigenvalue weighted by Crippen LogP contribution is 2.27. The highest BCUT2D eigenvalue weighted by molar-refractivity contribution is 6.30. The third kappa shape index (κ3) is 3.48. The Kier molecular flexibility index (Phi) is 4.16. The van der Waals surface area contributed by atoms with Crippen LogP contribution in [0, 0.1) is 0 Å². The molecule has 1 saturated heterocycles. The molecule has 2 atom stereocenters. The van der Waals surface area contributed by atoms with Gasteiger partial charge in [0, 0.05) is 13.1 Å². The van der Waals surface area contributed by atoms with Gasteiger partial charge >= 0.3 is 0 Å². The van der Waals surface area contributed by atoms with Crippen LogP contribution in [0.4, 0.5) is 0 Å². The van der Waals surface area contributed by atoms with E-state index in [-0.39, 0.29) is 17.6 Å². The molecule has 1 aliphatic rings. The lowest BCUT2D eigenvalue weighted by Crippen LogP contribution is -2.54. The van der Waals surface area contributed by atoms with Crippen LogP contribution in [0.15, 0.2) is 30.3 Å². The molecule has 2 rings (SSSR count). The molecule has 4 heteroatoms. The molecule has 1 aliphatic heterocycles. The van der Waals surface area contributed by atoms with Crippen molar-refractivity contribution in [1.29, 1.82) is 0 Å². The monoisotopic (exact) mass is 281 g/mol. The summed E-state index contributed by atoms with van der Waals surface area (Å²) in [5, 5.41) is -0.623. The van der Waals surface area contributed by atoms with Gasteiger partial charge in [-0.05, 0) is 26.3 Å². The molecule has 1 amide bonds. The van der Waals surface area contributed by atoms with Gasteiger partial charge in [0.25, 0.3) is 0 Å². The van der Waals surface area contributed by atoms with Gasteiger partial charge in [0.1, 0.15) is 5.38 Å². The minimum atomic E-state index is -0.623. The van der Waals surface area contributed by atoms with E-state index in [9.17, 15) is 4.79 Å². The molecule has 1 heterocycles. The third-order valence-corrected chi connectivity index (χ3v) is 3.63. The summed E-state index contributed by atoms with van der Waals surface area (Å²) in [5.74, 6) is -0.0453. The topological polar surface area (TPSA) is 29.5 Å². The number of nitrogens with zero attached hydrogens (tertiary/aromatic N) is 1. The van der Waals surface area contributed by atoms with E-state index in [0.29, 0.717) is 13.1 Å². The van der Waals surface area contributed by atoms with Crippen molar-refractivity contribution >= 4 is 17.5 Å². The Balaban J connectivity index is 2.11. The maximum Gasteiger partial charge on any atom is 0.245 e. The molecule has 0 saturated carbocycles. The van der Waals surface area contributed by atoms with Crippen molar-refractivity contribution in [2.45, 2.75) is 37.9 Å². The van der Waals surface area contributed by atoms with Gasteiger partial charge < -0.3 is 9.64 Å². The summed E-state index contributed by atoms with van der Waals surface area (Å²) in [6.07, 6.45) is 0.0346. The van der Waals surface area contributed by atoms with Gasteiger partial charge in [-0.15, -0.1) is 11.6 Å². The average Bonchev–Trinajstić information content (AvgIpc) is 2.35. The van der Waals surface area contributed by atoms with E-state index in [0.717, 1.165) is 5.56 Å². The van der Waals surface area contributed by atoms with E-state index in [2.05, 4.69) is 0 Å². The zero-order valence-electron chi connectivity index (χ0n) is 11.6. The molecule has 2 unspecified atom stereocenters. The number of alkyl halides is 1. The average molecular weight is 282 g/mol. The van der Waals surface area contributed by atoms with E-state index >= 15 is 0 Å². The second-order valence-electron chi connectivity index (χ2n) is 5.68. The molecular formula is C15H20ClNO2. The van der Waals surface area contributed by atoms with Crippen LogP contribution < -0.4 is 0 Å². The SMILES string of the molecule is CC1CN(C(=O)C(Cl)c2ccccc2)CC(C)(C)O1. The van der Waals surface area contributed by atoms with Gasteiger partial charge in [0.2, 0.25) is 5.91 Å². The first kappa shape index (κ1) is 14.4. The van der Waals surface area contributed by atoms with E-state index in [1.165, 1.54) is 0 Å². The maximum absolute atomic E-state index is 12.5. The molecule has 0 N–H and O–H groups in total. The molecule has 0 aromatic heterocycles. The van der Waals surface area contributed by atoms with Crippen LogP contribution in [-0.2, 0) is 9.53 Å². The third-order valence-electron chi connectivity index (χ3n) is 3.19. The molecule has 3 nitrogen and oxygen atoms in total. The summed E-state index contributed by atoms with van der Waals surface area (Å²) in [4.78, 5) is 14.3. The molecule has 0 aliphatic carbocycles. The van der Waals surface area contributed by atoms with Crippen molar-refractivity contribution < 1.29 is 9.53 Å². The molecule has 0 spiro atoms. The fourth-order valence-electron chi connectivity index (χ4n) is 2.55. The van der Waals surface area contributed by atoms with E-state index in [4.69, 9.17) is 16.3 Å². The first-order valence-corrected chi connectivity index (χ1v) is 6.98. The predicted octanol–water partition coefficient (Wildman–Crippen LogP) is 2.99. The lowest BCUT2D eigenvalue weighted by molar-refractivity contribution is -0.157. The first-order valence-electron chi connectivity index (χ1n) is 6.55. The molecule has 1 aromatic carbocycles. The first-order chi connectivity index (χ1) is 8.89. The van der Waals surface area contributed by atoms with E-state index in [1.807, 2.05) is 51.1 Å². The van der Waals surface area contributed by atoms with Gasteiger partial charge in [0.05, 0.1) is 11.7 Å². The predicted molar refractivity (Wildman–Crippen MR) is 76.2 cm³/mol. The minimum Gasteiger partial charge on any atom is -0.369 e. The Morgan fingerprint density at radius 2 is 2.05 bits per heavy atom. The van der Waals surface area contributed by atoms with Gasteiger partial charge in [0.15, 0.2) is 0 Å². The fourth-order valence-corrected chi connectivity index (χ4v) is 2.83. The molecule has 0 radical (unpaired) electrons. The van der Waals surface area contributed by atoms with Crippen molar-refractivity contribution in [2.75, 3.05) is 13.1 Å². The van der Waals surface area contributed by atoms with Crippen LogP contribution in [0.3, 0.4) is 0 Å². The smallest absolute Gasteiger partial charge is 0.245 e. The molecule has 0 bridgehead atoms. The van der Waals surface area contributed by atoms with Gasteiger partial charge in [-0.3, -0.25) is 4.79 Å². The molecular weight excluding hydrogens is 262 g/mol. The minimum absolute atomic E-state index is 0.0346. The highest BCUT2D eigenvalue weighted by Gasteiger charge is 2.35. The Morgan fingerprint density at radius 1 is 1.42 bits per heavy atom. The quantitative estimate of drug-likeness (QED) is 0.780. The van der Waals surface area contributed by atoms with Crippen molar-refractivity contribution in [1.82, 2.24) is 4.90 Å². The van der Waals surface area contributed by atoms with E-state index < -0.39 is 5.38 Å². The van der Waals surface area contributed by atoms with Crippen LogP contribution in [0.25, 0.3) is 0 Å². The van der Waals surface area contributed by atoms with E-state index in [1.54, 1.807) is 4.90 Å². The van der Waals surface area contributed by atoms with Crippen LogP contribution in [0.1, 0.15) is 31.7 Å². The summed E-state index contributed by atoms with van der Waals surface area (Å²) in [6.45, 7) is 7.14. The van der Waals surface area contributed by atoms with Crippen molar-refractivity contribution in [3.8, 4) is 0 Å². The summed E-state index contributed by atoms with van der Waals surface area (Å²) < 4.78 is 5.80. The number of halogens is 1. The van der Waals surface area contributed by atoms with Crippen molar-refractivity contribution in [2.24, 2.45) is 0 Å². The Hall–Kier alpha value is -1.06. The molecule has 1 aromatic rings. The molecule has 19 heavy (non-hydrogen) atoms. The zero-order valence-corrected chi connectivity index (χ0v) is 12.4. The second kappa shape index (κ2) is 5.51. The number of carbonyl (C=O) groups excluding carboxylic acids is 1. The lowest BCUT2D eigenvalue weighted by atomic mass is 10.0. The highest BCUT2D eigenvalue weighted by atomic mass is 35.5. The van der Waals surface area contributed by atoms with Crippen molar-refractivity contribution in [3.05, 3.63) is 35.9 Å². The van der Waals surface area contributed by atoms with Gasteiger partial charge in [-0.1, -0.05) is 30.3 Å². The summed E-state index contributed by atoms with van der Waals surface area (Å²) in [6, 6.07) is 9.46. The number of hydrogen-bond acceptors (Lipinski definition) is 2. The number of morpholine rings is 1. The fraction of sp³-hybridized carbons (Fsp3) is 0.533. The summed E-state index contributed by atoms with van der Waals surface area (Å²) in [5.41, 5.74) is 0.520. The zero-order chi connectivity index (χ0) is 14.0. The molecule has 104 valence electrons. The Bertz CT molecular complexity index is 447. The number of carbonyl (C=O) groups is 1. The normalized spacial score (nSPS) is 24.0. The van der Waals surface area contributed by atoms with Crippen LogP contribution in [-0.4, -0.2) is 35.6 Å². The van der Waals surface area contributed by atoms with Gasteiger partial charge in [-0.2, -0.15) is 0 Å². The van der Waals surface area contributed by atoms with Crippen LogP contribution in [0.2, 0.25) is 0 Å². The standard InChI is InChI=1S/C15H20ClNO2/c1-11-9-17(10-15(2,3)19-11)14(18)13(16)12-7-5-4-6-8-12/h4-8,11,13H,9-10H2,1-3H3. The molecule has 1 fully saturated rings. The summed E-state index contributed by atoms with van der Waals surface area (Å²) >= 11 is 6.30. The summed E-state index contributed by atoms with van der Waals surface area (Å²) in [7, 11) is 0. The number of benzene rings is 1. The number of amides is 1. The number of ether oxygens (including phenoxy) is 1.